The van der Waals surface area contributed by atoms with E-state index in [9.17, 15) is 19.2 Å². The fourth-order valence-electron chi connectivity index (χ4n) is 3.26. The molecule has 2 aromatic rings. The maximum atomic E-state index is 12.0. The lowest BCUT2D eigenvalue weighted by Gasteiger charge is -2.14. The quantitative estimate of drug-likeness (QED) is 0.570. The maximum Gasteiger partial charge on any atom is 0.339 e. The third kappa shape index (κ3) is 4.30. The Morgan fingerprint density at radius 3 is 2.64 bits per heavy atom. The van der Waals surface area contributed by atoms with Crippen molar-refractivity contribution in [2.24, 2.45) is 0 Å². The van der Waals surface area contributed by atoms with Crippen LogP contribution < -0.4 is 15.7 Å². The van der Waals surface area contributed by atoms with E-state index in [-0.39, 0.29) is 18.5 Å². The van der Waals surface area contributed by atoms with E-state index in [4.69, 9.17) is 19.4 Å². The Morgan fingerprint density at radius 1 is 1.18 bits per heavy atom. The number of carbonyl (C=O) groups excluding carboxylic acids is 1. The lowest BCUT2D eigenvalue weighted by Crippen LogP contribution is -2.43. The molecule has 1 aliphatic rings. The summed E-state index contributed by atoms with van der Waals surface area (Å²) >= 11 is 0. The van der Waals surface area contributed by atoms with Gasteiger partial charge in [-0.3, -0.25) is 9.59 Å². The number of hydrogen-bond donors (Lipinski definition) is 3. The Hall–Kier alpha value is -3.36. The molecule has 9 heteroatoms. The van der Waals surface area contributed by atoms with Gasteiger partial charge in [-0.25, -0.2) is 9.59 Å². The molecule has 28 heavy (non-hydrogen) atoms. The average molecular weight is 389 g/mol. The minimum atomic E-state index is -1.32. The van der Waals surface area contributed by atoms with Crippen molar-refractivity contribution in [2.45, 2.75) is 38.1 Å². The summed E-state index contributed by atoms with van der Waals surface area (Å²) in [6.07, 6.45) is 1.81. The first-order valence-electron chi connectivity index (χ1n) is 8.80. The van der Waals surface area contributed by atoms with Crippen molar-refractivity contribution < 1.29 is 33.8 Å². The second kappa shape index (κ2) is 8.12. The van der Waals surface area contributed by atoms with Gasteiger partial charge in [0.2, 0.25) is 0 Å². The van der Waals surface area contributed by atoms with Crippen molar-refractivity contribution in [3.8, 4) is 5.75 Å². The minimum Gasteiger partial charge on any atom is -0.484 e. The molecule has 0 saturated carbocycles. The second-order valence-corrected chi connectivity index (χ2v) is 6.54. The number of hydrogen-bond acceptors (Lipinski definition) is 6. The Morgan fingerprint density at radius 2 is 1.93 bits per heavy atom. The predicted molar refractivity (Wildman–Crippen MR) is 96.4 cm³/mol. The molecule has 1 heterocycles. The molecule has 9 nitrogen and oxygen atoms in total. The van der Waals surface area contributed by atoms with E-state index in [1.807, 2.05) is 0 Å². The van der Waals surface area contributed by atoms with Crippen LogP contribution in [0, 0.1) is 0 Å². The summed E-state index contributed by atoms with van der Waals surface area (Å²) in [6.45, 7) is -0.461. The van der Waals surface area contributed by atoms with E-state index in [0.717, 1.165) is 23.8 Å². The molecule has 0 aliphatic heterocycles. The first-order chi connectivity index (χ1) is 13.3. The van der Waals surface area contributed by atoms with E-state index in [1.54, 1.807) is 12.1 Å². The topological polar surface area (TPSA) is 143 Å². The molecule has 1 aromatic carbocycles. The average Bonchev–Trinajstić information content (AvgIpc) is 3.13. The standard InChI is InChI=1S/C19H19NO8/c21-16(20-14(18(24)25)6-7-17(22)23)9-27-10-4-5-12-11-2-1-3-13(11)19(26)28-15(12)8-10/h4-5,8,14H,1-3,6-7,9H2,(H,20,21)(H,22,23)(H,24,25)/t14-/m0/s1. The zero-order chi connectivity index (χ0) is 20.3. The summed E-state index contributed by atoms with van der Waals surface area (Å²) in [5.41, 5.74) is 1.70. The molecule has 3 N–H and O–H groups in total. The zero-order valence-electron chi connectivity index (χ0n) is 14.9. The number of benzene rings is 1. The van der Waals surface area contributed by atoms with Crippen LogP contribution in [0.5, 0.6) is 5.75 Å². The van der Waals surface area contributed by atoms with Gasteiger partial charge in [0.05, 0.1) is 0 Å². The number of carboxylic acids is 2. The van der Waals surface area contributed by atoms with Gasteiger partial charge in [0, 0.05) is 23.4 Å². The van der Waals surface area contributed by atoms with Crippen molar-refractivity contribution in [3.05, 3.63) is 39.7 Å². The molecular weight excluding hydrogens is 370 g/mol. The number of amides is 1. The van der Waals surface area contributed by atoms with Crippen LogP contribution in [0.4, 0.5) is 0 Å². The molecule has 0 radical (unpaired) electrons. The Kier molecular flexibility index (Phi) is 5.62. The molecule has 148 valence electrons. The molecule has 0 unspecified atom stereocenters. The SMILES string of the molecule is O=C(O)CC[C@H](NC(=O)COc1ccc2c3c(c(=O)oc2c1)CCC3)C(=O)O. The predicted octanol–water partition coefficient (Wildman–Crippen LogP) is 1.09. The molecule has 1 atom stereocenters. The van der Waals surface area contributed by atoms with Gasteiger partial charge >= 0.3 is 17.6 Å². The fraction of sp³-hybridized carbons (Fsp3) is 0.368. The highest BCUT2D eigenvalue weighted by molar-refractivity contribution is 5.85. The summed E-state index contributed by atoms with van der Waals surface area (Å²) in [4.78, 5) is 45.6. The second-order valence-electron chi connectivity index (χ2n) is 6.54. The van der Waals surface area contributed by atoms with Gasteiger partial charge in [0.1, 0.15) is 17.4 Å². The van der Waals surface area contributed by atoms with Crippen molar-refractivity contribution >= 4 is 28.8 Å². The molecule has 1 aliphatic carbocycles. The molecule has 0 saturated heterocycles. The summed E-state index contributed by atoms with van der Waals surface area (Å²) < 4.78 is 10.7. The summed E-state index contributed by atoms with van der Waals surface area (Å²) in [7, 11) is 0. The van der Waals surface area contributed by atoms with Gasteiger partial charge in [-0.1, -0.05) is 0 Å². The zero-order valence-corrected chi connectivity index (χ0v) is 14.9. The minimum absolute atomic E-state index is 0.233. The number of rotatable bonds is 8. The van der Waals surface area contributed by atoms with E-state index < -0.39 is 30.5 Å². The van der Waals surface area contributed by atoms with Crippen LogP contribution in [-0.4, -0.2) is 40.7 Å². The number of aryl methyl sites for hydroxylation is 1. The van der Waals surface area contributed by atoms with Crippen molar-refractivity contribution in [1.29, 1.82) is 0 Å². The van der Waals surface area contributed by atoms with E-state index in [0.29, 0.717) is 23.3 Å². The van der Waals surface area contributed by atoms with Gasteiger partial charge in [-0.2, -0.15) is 0 Å². The maximum absolute atomic E-state index is 12.0. The van der Waals surface area contributed by atoms with Gasteiger partial charge < -0.3 is 24.7 Å². The highest BCUT2D eigenvalue weighted by atomic mass is 16.5. The Bertz CT molecular complexity index is 993. The normalized spacial score (nSPS) is 13.7. The Labute approximate surface area is 158 Å². The largest absolute Gasteiger partial charge is 0.484 e. The molecule has 1 amide bonds. The summed E-state index contributed by atoms with van der Waals surface area (Å²) in [5, 5.41) is 20.7. The van der Waals surface area contributed by atoms with Crippen LogP contribution in [0.1, 0.15) is 30.4 Å². The van der Waals surface area contributed by atoms with Crippen molar-refractivity contribution in [2.75, 3.05) is 6.61 Å². The van der Waals surface area contributed by atoms with E-state index >= 15 is 0 Å². The fourth-order valence-corrected chi connectivity index (χ4v) is 3.26. The van der Waals surface area contributed by atoms with E-state index in [1.165, 1.54) is 6.07 Å². The van der Waals surface area contributed by atoms with Gasteiger partial charge in [-0.15, -0.1) is 0 Å². The number of aliphatic carboxylic acids is 2. The lowest BCUT2D eigenvalue weighted by molar-refractivity contribution is -0.143. The van der Waals surface area contributed by atoms with Crippen LogP contribution in [0.25, 0.3) is 11.0 Å². The molecule has 1 aromatic heterocycles. The first kappa shape index (κ1) is 19.4. The van der Waals surface area contributed by atoms with Gasteiger partial charge in [-0.05, 0) is 43.4 Å². The third-order valence-electron chi connectivity index (χ3n) is 4.60. The number of carboxylic acid groups (broad SMARTS) is 2. The number of nitrogens with one attached hydrogen (secondary N) is 1. The number of ether oxygens (including phenoxy) is 1. The molecular formula is C19H19NO8. The van der Waals surface area contributed by atoms with Crippen LogP contribution in [0.15, 0.2) is 27.4 Å². The highest BCUT2D eigenvalue weighted by Crippen LogP contribution is 2.29. The van der Waals surface area contributed by atoms with Crippen LogP contribution in [0.3, 0.4) is 0 Å². The number of fused-ring (bicyclic) bond motifs is 3. The van der Waals surface area contributed by atoms with Crippen molar-refractivity contribution in [1.82, 2.24) is 5.32 Å². The van der Waals surface area contributed by atoms with E-state index in [2.05, 4.69) is 5.32 Å². The summed E-state index contributed by atoms with van der Waals surface area (Å²) in [6, 6.07) is 3.61. The van der Waals surface area contributed by atoms with Gasteiger partial charge in [0.25, 0.3) is 5.91 Å². The molecule has 3 rings (SSSR count). The highest BCUT2D eigenvalue weighted by Gasteiger charge is 2.22. The van der Waals surface area contributed by atoms with Crippen LogP contribution in [0.2, 0.25) is 0 Å². The molecule has 0 bridgehead atoms. The van der Waals surface area contributed by atoms with Crippen LogP contribution >= 0.6 is 0 Å². The lowest BCUT2D eigenvalue weighted by atomic mass is 10.1. The number of carbonyl (C=O) groups is 3. The monoisotopic (exact) mass is 389 g/mol. The Balaban J connectivity index is 1.65. The molecule has 0 fully saturated rings. The van der Waals surface area contributed by atoms with Crippen molar-refractivity contribution in [3.63, 3.8) is 0 Å². The summed E-state index contributed by atoms with van der Waals surface area (Å²) in [5.74, 6) is -2.88. The molecule has 0 spiro atoms. The third-order valence-corrected chi connectivity index (χ3v) is 4.60. The van der Waals surface area contributed by atoms with Gasteiger partial charge in [0.15, 0.2) is 6.61 Å². The first-order valence-corrected chi connectivity index (χ1v) is 8.80. The van der Waals surface area contributed by atoms with Crippen LogP contribution in [-0.2, 0) is 27.2 Å². The smallest absolute Gasteiger partial charge is 0.339 e.